The van der Waals surface area contributed by atoms with Crippen LogP contribution in [0.25, 0.3) is 0 Å². The molecule has 5 nitrogen and oxygen atoms in total. The van der Waals surface area contributed by atoms with Gasteiger partial charge in [0.05, 0.1) is 7.11 Å². The molecule has 1 heterocycles. The Morgan fingerprint density at radius 2 is 2.14 bits per heavy atom. The van der Waals surface area contributed by atoms with E-state index in [0.717, 1.165) is 5.56 Å². The Morgan fingerprint density at radius 3 is 2.77 bits per heavy atom. The Hall–Kier alpha value is -2.70. The fourth-order valence-corrected chi connectivity index (χ4v) is 1.73. The van der Waals surface area contributed by atoms with E-state index in [9.17, 15) is 13.6 Å². The van der Waals surface area contributed by atoms with E-state index >= 15 is 0 Å². The van der Waals surface area contributed by atoms with Crippen LogP contribution in [0.4, 0.5) is 8.78 Å². The lowest BCUT2D eigenvalue weighted by molar-refractivity contribution is -0.0498. The van der Waals surface area contributed by atoms with Crippen molar-refractivity contribution in [2.45, 2.75) is 13.2 Å². The minimum absolute atomic E-state index is 0.0613. The summed E-state index contributed by atoms with van der Waals surface area (Å²) in [5.41, 5.74) is 1.02. The number of aromatic nitrogens is 1. The van der Waals surface area contributed by atoms with Gasteiger partial charge in [0.25, 0.3) is 5.91 Å². The van der Waals surface area contributed by atoms with Gasteiger partial charge in [-0.25, -0.2) is 4.98 Å². The third kappa shape index (κ3) is 4.41. The van der Waals surface area contributed by atoms with Gasteiger partial charge in [0.1, 0.15) is 5.75 Å². The van der Waals surface area contributed by atoms with E-state index in [1.807, 2.05) is 0 Å². The Kier molecular flexibility index (Phi) is 5.24. The smallest absolute Gasteiger partial charge is 0.387 e. The predicted molar refractivity (Wildman–Crippen MR) is 75.0 cm³/mol. The number of methoxy groups -OCH3 is 1. The number of hydrogen-bond donors (Lipinski definition) is 1. The average Bonchev–Trinajstić information content (AvgIpc) is 2.52. The summed E-state index contributed by atoms with van der Waals surface area (Å²) in [5.74, 6) is 0.0243. The fraction of sp³-hybridized carbons (Fsp3) is 0.200. The van der Waals surface area contributed by atoms with Crippen molar-refractivity contribution in [1.82, 2.24) is 10.3 Å². The molecule has 0 aliphatic heterocycles. The number of pyridine rings is 1. The van der Waals surface area contributed by atoms with E-state index in [0.29, 0.717) is 5.88 Å². The molecule has 7 heteroatoms. The van der Waals surface area contributed by atoms with Gasteiger partial charge in [-0.3, -0.25) is 4.79 Å². The quantitative estimate of drug-likeness (QED) is 0.891. The van der Waals surface area contributed by atoms with Gasteiger partial charge in [-0.15, -0.1) is 0 Å². The summed E-state index contributed by atoms with van der Waals surface area (Å²) in [6.45, 7) is -2.67. The van der Waals surface area contributed by atoms with Crippen LogP contribution in [0.3, 0.4) is 0 Å². The molecule has 1 N–H and O–H groups in total. The maximum atomic E-state index is 12.1. The Morgan fingerprint density at radius 1 is 1.32 bits per heavy atom. The number of ether oxygens (including phenoxy) is 2. The molecule has 1 aromatic carbocycles. The van der Waals surface area contributed by atoms with Gasteiger partial charge in [0, 0.05) is 24.4 Å². The normalized spacial score (nSPS) is 10.4. The van der Waals surface area contributed by atoms with Crippen molar-refractivity contribution in [2.24, 2.45) is 0 Å². The third-order valence-electron chi connectivity index (χ3n) is 2.78. The van der Waals surface area contributed by atoms with Crippen molar-refractivity contribution in [2.75, 3.05) is 7.11 Å². The Labute approximate surface area is 125 Å². The number of halogens is 2. The van der Waals surface area contributed by atoms with Gasteiger partial charge < -0.3 is 14.8 Å². The van der Waals surface area contributed by atoms with E-state index < -0.39 is 12.5 Å². The number of carbonyl (C=O) groups excluding carboxylic acids is 1. The Balaban J connectivity index is 1.96. The molecule has 0 aliphatic rings. The summed E-state index contributed by atoms with van der Waals surface area (Å²) in [6, 6.07) is 9.05. The summed E-state index contributed by atoms with van der Waals surface area (Å²) in [7, 11) is 1.51. The molecule has 1 amide bonds. The molecule has 1 aromatic heterocycles. The SMILES string of the molecule is COc1ccc(CNC(=O)c2cccc(OC(F)F)c2)cn1. The number of nitrogens with one attached hydrogen (secondary N) is 1. The van der Waals surface area contributed by atoms with Gasteiger partial charge >= 0.3 is 6.61 Å². The number of rotatable bonds is 6. The van der Waals surface area contributed by atoms with Gasteiger partial charge in [0.2, 0.25) is 5.88 Å². The number of alkyl halides is 2. The van der Waals surface area contributed by atoms with E-state index in [2.05, 4.69) is 15.0 Å². The van der Waals surface area contributed by atoms with Gasteiger partial charge in [-0.05, 0) is 23.8 Å². The van der Waals surface area contributed by atoms with Crippen molar-refractivity contribution < 1.29 is 23.0 Å². The number of benzene rings is 1. The summed E-state index contributed by atoms with van der Waals surface area (Å²) in [4.78, 5) is 16.0. The monoisotopic (exact) mass is 308 g/mol. The topological polar surface area (TPSA) is 60.5 Å². The van der Waals surface area contributed by atoms with E-state index in [4.69, 9.17) is 4.74 Å². The standard InChI is InChI=1S/C15H14F2N2O3/c1-21-13-6-5-10(8-18-13)9-19-14(20)11-3-2-4-12(7-11)22-15(16)17/h2-8,15H,9H2,1H3,(H,19,20). The second-order valence-electron chi connectivity index (χ2n) is 4.30. The molecule has 0 spiro atoms. The molecule has 0 bridgehead atoms. The lowest BCUT2D eigenvalue weighted by Crippen LogP contribution is -2.22. The predicted octanol–water partition coefficient (Wildman–Crippen LogP) is 2.62. The molecular weight excluding hydrogens is 294 g/mol. The molecule has 0 saturated heterocycles. The molecule has 0 atom stereocenters. The first-order valence-electron chi connectivity index (χ1n) is 6.40. The summed E-state index contributed by atoms with van der Waals surface area (Å²) in [6.07, 6.45) is 1.58. The van der Waals surface area contributed by atoms with Crippen LogP contribution < -0.4 is 14.8 Å². The van der Waals surface area contributed by atoms with Crippen molar-refractivity contribution in [3.8, 4) is 11.6 Å². The van der Waals surface area contributed by atoms with Crippen LogP contribution in [-0.2, 0) is 6.54 Å². The minimum Gasteiger partial charge on any atom is -0.481 e. The fourth-order valence-electron chi connectivity index (χ4n) is 1.73. The summed E-state index contributed by atoms with van der Waals surface area (Å²) < 4.78 is 33.5. The number of nitrogens with zero attached hydrogens (tertiary/aromatic N) is 1. The zero-order valence-corrected chi connectivity index (χ0v) is 11.8. The highest BCUT2D eigenvalue weighted by molar-refractivity contribution is 5.94. The highest BCUT2D eigenvalue weighted by Gasteiger charge is 2.09. The molecule has 0 fully saturated rings. The molecule has 2 aromatic rings. The second kappa shape index (κ2) is 7.35. The molecule has 0 unspecified atom stereocenters. The number of carbonyl (C=O) groups is 1. The van der Waals surface area contributed by atoms with Crippen LogP contribution in [-0.4, -0.2) is 24.6 Å². The van der Waals surface area contributed by atoms with Gasteiger partial charge in [0.15, 0.2) is 0 Å². The number of hydrogen-bond acceptors (Lipinski definition) is 4. The van der Waals surface area contributed by atoms with E-state index in [1.165, 1.54) is 31.4 Å². The first-order valence-corrected chi connectivity index (χ1v) is 6.40. The van der Waals surface area contributed by atoms with Crippen LogP contribution in [0, 0.1) is 0 Å². The van der Waals surface area contributed by atoms with Crippen LogP contribution in [0.2, 0.25) is 0 Å². The van der Waals surface area contributed by atoms with E-state index in [1.54, 1.807) is 18.3 Å². The average molecular weight is 308 g/mol. The summed E-state index contributed by atoms with van der Waals surface area (Å²) in [5, 5.41) is 2.67. The molecule has 0 aliphatic carbocycles. The third-order valence-corrected chi connectivity index (χ3v) is 2.78. The molecule has 0 radical (unpaired) electrons. The molecular formula is C15H14F2N2O3. The summed E-state index contributed by atoms with van der Waals surface area (Å²) >= 11 is 0. The van der Waals surface area contributed by atoms with Crippen molar-refractivity contribution in [1.29, 1.82) is 0 Å². The lowest BCUT2D eigenvalue weighted by Gasteiger charge is -2.08. The highest BCUT2D eigenvalue weighted by Crippen LogP contribution is 2.16. The molecule has 22 heavy (non-hydrogen) atoms. The van der Waals surface area contributed by atoms with Crippen molar-refractivity contribution in [3.05, 3.63) is 53.7 Å². The maximum absolute atomic E-state index is 12.1. The van der Waals surface area contributed by atoms with Crippen LogP contribution >= 0.6 is 0 Å². The molecule has 0 saturated carbocycles. The first kappa shape index (κ1) is 15.7. The Bertz CT molecular complexity index is 633. The first-order chi connectivity index (χ1) is 10.6. The van der Waals surface area contributed by atoms with Crippen molar-refractivity contribution >= 4 is 5.91 Å². The molecule has 2 rings (SSSR count). The van der Waals surface area contributed by atoms with Crippen LogP contribution in [0.1, 0.15) is 15.9 Å². The van der Waals surface area contributed by atoms with Crippen molar-refractivity contribution in [3.63, 3.8) is 0 Å². The second-order valence-corrected chi connectivity index (χ2v) is 4.30. The van der Waals surface area contributed by atoms with Crippen LogP contribution in [0.5, 0.6) is 11.6 Å². The van der Waals surface area contributed by atoms with E-state index in [-0.39, 0.29) is 17.9 Å². The van der Waals surface area contributed by atoms with Crippen LogP contribution in [0.15, 0.2) is 42.6 Å². The zero-order valence-electron chi connectivity index (χ0n) is 11.8. The molecule has 116 valence electrons. The van der Waals surface area contributed by atoms with Gasteiger partial charge in [-0.1, -0.05) is 12.1 Å². The zero-order chi connectivity index (χ0) is 15.9. The van der Waals surface area contributed by atoms with Gasteiger partial charge in [-0.2, -0.15) is 8.78 Å². The minimum atomic E-state index is -2.93. The highest BCUT2D eigenvalue weighted by atomic mass is 19.3. The largest absolute Gasteiger partial charge is 0.481 e. The maximum Gasteiger partial charge on any atom is 0.387 e. The lowest BCUT2D eigenvalue weighted by atomic mass is 10.2. The number of amides is 1.